The van der Waals surface area contributed by atoms with Gasteiger partial charge in [-0.2, -0.15) is 0 Å². The van der Waals surface area contributed by atoms with Crippen LogP contribution in [0.2, 0.25) is 0 Å². The Bertz CT molecular complexity index is 332. The number of nitrogens with zero attached hydrogens (tertiary/aromatic N) is 1. The second kappa shape index (κ2) is 4.50. The van der Waals surface area contributed by atoms with Crippen molar-refractivity contribution in [1.29, 1.82) is 0 Å². The van der Waals surface area contributed by atoms with Crippen LogP contribution in [0.5, 0.6) is 5.75 Å². The maximum absolute atomic E-state index is 5.46. The van der Waals surface area contributed by atoms with Gasteiger partial charge in [-0.3, -0.25) is 0 Å². The van der Waals surface area contributed by atoms with Crippen LogP contribution in [0.4, 0.5) is 0 Å². The van der Waals surface area contributed by atoms with E-state index in [1.165, 1.54) is 0 Å². The van der Waals surface area contributed by atoms with Crippen LogP contribution in [0.25, 0.3) is 0 Å². The minimum absolute atomic E-state index is 0.0325. The van der Waals surface area contributed by atoms with Crippen LogP contribution in [0.15, 0.2) is 29.3 Å². The first-order valence-electron chi connectivity index (χ1n) is 4.40. The number of nitrogens with two attached hydrogens (primary N) is 2. The highest BCUT2D eigenvalue weighted by Crippen LogP contribution is 2.14. The van der Waals surface area contributed by atoms with Gasteiger partial charge in [-0.15, -0.1) is 0 Å². The number of hydrogen-bond acceptors (Lipinski definition) is 2. The van der Waals surface area contributed by atoms with E-state index < -0.39 is 0 Å². The molecule has 1 rings (SSSR count). The van der Waals surface area contributed by atoms with Gasteiger partial charge in [0.2, 0.25) is 0 Å². The molecule has 14 heavy (non-hydrogen) atoms. The minimum Gasteiger partial charge on any atom is -0.469 e. The molecule has 0 amide bonds. The van der Waals surface area contributed by atoms with Crippen LogP contribution in [0.3, 0.4) is 0 Å². The quantitative estimate of drug-likeness (QED) is 0.555. The molecule has 0 spiro atoms. The van der Waals surface area contributed by atoms with Crippen molar-refractivity contribution in [3.05, 3.63) is 29.8 Å². The highest BCUT2D eigenvalue weighted by molar-refractivity contribution is 5.75. The SMILES string of the molecule is Cc1cccc(OC(C)N=C(N)N)c1. The molecule has 4 N–H and O–H groups in total. The van der Waals surface area contributed by atoms with Crippen molar-refractivity contribution >= 4 is 5.96 Å². The van der Waals surface area contributed by atoms with E-state index in [9.17, 15) is 0 Å². The lowest BCUT2D eigenvalue weighted by Gasteiger charge is -2.10. The van der Waals surface area contributed by atoms with Crippen LogP contribution < -0.4 is 16.2 Å². The topological polar surface area (TPSA) is 73.6 Å². The third-order valence-electron chi connectivity index (χ3n) is 1.63. The van der Waals surface area contributed by atoms with E-state index in [1.54, 1.807) is 6.92 Å². The summed E-state index contributed by atoms with van der Waals surface area (Å²) in [6.07, 6.45) is -0.359. The molecule has 0 bridgehead atoms. The van der Waals surface area contributed by atoms with Crippen molar-refractivity contribution in [2.24, 2.45) is 16.5 Å². The third-order valence-corrected chi connectivity index (χ3v) is 1.63. The Labute approximate surface area is 83.6 Å². The van der Waals surface area contributed by atoms with Gasteiger partial charge >= 0.3 is 0 Å². The predicted molar refractivity (Wildman–Crippen MR) is 57.1 cm³/mol. The average Bonchev–Trinajstić information content (AvgIpc) is 2.01. The van der Waals surface area contributed by atoms with Gasteiger partial charge in [0.15, 0.2) is 12.2 Å². The fraction of sp³-hybridized carbons (Fsp3) is 0.300. The molecule has 0 saturated carbocycles. The molecule has 0 heterocycles. The molecule has 0 aliphatic carbocycles. The highest BCUT2D eigenvalue weighted by atomic mass is 16.5. The Kier molecular flexibility index (Phi) is 3.34. The smallest absolute Gasteiger partial charge is 0.190 e. The molecule has 1 aromatic rings. The van der Waals surface area contributed by atoms with Crippen LogP contribution >= 0.6 is 0 Å². The van der Waals surface area contributed by atoms with Crippen molar-refractivity contribution < 1.29 is 4.74 Å². The summed E-state index contributed by atoms with van der Waals surface area (Å²) < 4.78 is 5.46. The van der Waals surface area contributed by atoms with Crippen LogP contribution in [0, 0.1) is 6.92 Å². The molecule has 1 unspecified atom stereocenters. The van der Waals surface area contributed by atoms with E-state index >= 15 is 0 Å². The summed E-state index contributed by atoms with van der Waals surface area (Å²) >= 11 is 0. The lowest BCUT2D eigenvalue weighted by Crippen LogP contribution is -2.26. The van der Waals surface area contributed by atoms with Crippen molar-refractivity contribution in [2.75, 3.05) is 0 Å². The van der Waals surface area contributed by atoms with Gasteiger partial charge in [-0.1, -0.05) is 12.1 Å². The number of aliphatic imine (C=N–C) groups is 1. The van der Waals surface area contributed by atoms with E-state index in [2.05, 4.69) is 4.99 Å². The van der Waals surface area contributed by atoms with Gasteiger partial charge in [-0.25, -0.2) is 4.99 Å². The lowest BCUT2D eigenvalue weighted by molar-refractivity contribution is 0.232. The van der Waals surface area contributed by atoms with E-state index in [0.29, 0.717) is 0 Å². The number of benzene rings is 1. The zero-order valence-electron chi connectivity index (χ0n) is 8.40. The largest absolute Gasteiger partial charge is 0.469 e. The Morgan fingerprint density at radius 2 is 2.14 bits per heavy atom. The van der Waals surface area contributed by atoms with Crippen molar-refractivity contribution in [3.63, 3.8) is 0 Å². The minimum atomic E-state index is -0.359. The highest BCUT2D eigenvalue weighted by Gasteiger charge is 2.01. The molecule has 76 valence electrons. The molecule has 0 fully saturated rings. The number of guanidine groups is 1. The second-order valence-electron chi connectivity index (χ2n) is 3.09. The van der Waals surface area contributed by atoms with E-state index in [0.717, 1.165) is 11.3 Å². The standard InChI is InChI=1S/C10H15N3O/c1-7-4-3-5-9(6-7)14-8(2)13-10(11)12/h3-6,8H,1-2H3,(H4,11,12,13). The molecule has 4 heteroatoms. The molecule has 1 atom stereocenters. The maximum Gasteiger partial charge on any atom is 0.190 e. The van der Waals surface area contributed by atoms with Crippen molar-refractivity contribution in [2.45, 2.75) is 20.1 Å². The maximum atomic E-state index is 5.46. The molecule has 0 radical (unpaired) electrons. The summed E-state index contributed by atoms with van der Waals surface area (Å²) in [6.45, 7) is 3.78. The van der Waals surface area contributed by atoms with Crippen molar-refractivity contribution in [3.8, 4) is 5.75 Å². The van der Waals surface area contributed by atoms with E-state index in [1.807, 2.05) is 31.2 Å². The Morgan fingerprint density at radius 1 is 1.43 bits per heavy atom. The van der Waals surface area contributed by atoms with Gasteiger partial charge < -0.3 is 16.2 Å². The molecule has 1 aromatic carbocycles. The van der Waals surface area contributed by atoms with Crippen LogP contribution in [-0.2, 0) is 0 Å². The monoisotopic (exact) mass is 193 g/mol. The van der Waals surface area contributed by atoms with Gasteiger partial charge in [0.25, 0.3) is 0 Å². The summed E-state index contributed by atoms with van der Waals surface area (Å²) in [5.74, 6) is 0.799. The predicted octanol–water partition coefficient (Wildman–Crippen LogP) is 0.993. The first kappa shape index (κ1) is 10.4. The fourth-order valence-electron chi connectivity index (χ4n) is 1.12. The van der Waals surface area contributed by atoms with Crippen molar-refractivity contribution in [1.82, 2.24) is 0 Å². The fourth-order valence-corrected chi connectivity index (χ4v) is 1.12. The zero-order valence-corrected chi connectivity index (χ0v) is 8.40. The number of rotatable bonds is 3. The second-order valence-corrected chi connectivity index (χ2v) is 3.09. The first-order chi connectivity index (χ1) is 6.58. The molecule has 4 nitrogen and oxygen atoms in total. The normalized spacial score (nSPS) is 11.9. The number of aryl methyl sites for hydroxylation is 1. The van der Waals surface area contributed by atoms with Crippen LogP contribution in [-0.4, -0.2) is 12.2 Å². The zero-order chi connectivity index (χ0) is 10.6. The summed E-state index contributed by atoms with van der Waals surface area (Å²) in [5.41, 5.74) is 11.6. The van der Waals surface area contributed by atoms with E-state index in [4.69, 9.17) is 16.2 Å². The number of hydrogen-bond donors (Lipinski definition) is 2. The molecular formula is C10H15N3O. The summed E-state index contributed by atoms with van der Waals surface area (Å²) in [4.78, 5) is 3.85. The first-order valence-corrected chi connectivity index (χ1v) is 4.40. The van der Waals surface area contributed by atoms with E-state index in [-0.39, 0.29) is 12.2 Å². The lowest BCUT2D eigenvalue weighted by atomic mass is 10.2. The van der Waals surface area contributed by atoms with Crippen LogP contribution in [0.1, 0.15) is 12.5 Å². The Hall–Kier alpha value is -1.71. The summed E-state index contributed by atoms with van der Waals surface area (Å²) in [6, 6.07) is 7.72. The Balaban J connectivity index is 2.65. The molecule has 0 aliphatic rings. The third kappa shape index (κ3) is 3.35. The Morgan fingerprint density at radius 3 is 2.71 bits per heavy atom. The average molecular weight is 193 g/mol. The molecule has 0 aromatic heterocycles. The number of ether oxygens (including phenoxy) is 1. The van der Waals surface area contributed by atoms with Gasteiger partial charge in [0.05, 0.1) is 0 Å². The molecule has 0 saturated heterocycles. The van der Waals surface area contributed by atoms with Gasteiger partial charge in [0.1, 0.15) is 5.75 Å². The molecular weight excluding hydrogens is 178 g/mol. The summed E-state index contributed by atoms with van der Waals surface area (Å²) in [7, 11) is 0. The molecule has 0 aliphatic heterocycles. The summed E-state index contributed by atoms with van der Waals surface area (Å²) in [5, 5.41) is 0. The van der Waals surface area contributed by atoms with Gasteiger partial charge in [0, 0.05) is 0 Å². The van der Waals surface area contributed by atoms with Gasteiger partial charge in [-0.05, 0) is 31.5 Å².